The number of benzene rings is 8. The van der Waals surface area contributed by atoms with Crippen LogP contribution in [0.4, 0.5) is 0 Å². The topological polar surface area (TPSA) is 12.9 Å². The first-order valence-corrected chi connectivity index (χ1v) is 18.9. The number of rotatable bonds is 2. The summed E-state index contributed by atoms with van der Waals surface area (Å²) >= 11 is 0. The van der Waals surface area contributed by atoms with Gasteiger partial charge in [-0.05, 0) is 96.1 Å². The molecule has 2 spiro atoms. The molecule has 0 atom stereocenters. The molecular formula is C53H33N. The second-order valence-electron chi connectivity index (χ2n) is 14.9. The molecule has 0 radical (unpaired) electrons. The summed E-state index contributed by atoms with van der Waals surface area (Å²) in [6.45, 7) is 0. The van der Waals surface area contributed by atoms with Gasteiger partial charge in [0.1, 0.15) is 0 Å². The Morgan fingerprint density at radius 3 is 1.26 bits per heavy atom. The highest BCUT2D eigenvalue weighted by Crippen LogP contribution is 2.67. The van der Waals surface area contributed by atoms with Gasteiger partial charge < -0.3 is 0 Å². The van der Waals surface area contributed by atoms with E-state index in [1.165, 1.54) is 77.9 Å². The van der Waals surface area contributed by atoms with E-state index in [1.807, 2.05) is 0 Å². The minimum absolute atomic E-state index is 0.438. The van der Waals surface area contributed by atoms with Crippen molar-refractivity contribution in [2.45, 2.75) is 10.8 Å². The van der Waals surface area contributed by atoms with E-state index in [4.69, 9.17) is 4.98 Å². The van der Waals surface area contributed by atoms with Crippen molar-refractivity contribution in [1.82, 2.24) is 4.98 Å². The Hall–Kier alpha value is -6.83. The van der Waals surface area contributed by atoms with Crippen molar-refractivity contribution in [3.05, 3.63) is 245 Å². The number of fused-ring (bicyclic) bond motifs is 17. The zero-order valence-electron chi connectivity index (χ0n) is 29.5. The quantitative estimate of drug-likeness (QED) is 0.177. The van der Waals surface area contributed by atoms with Crippen molar-refractivity contribution in [3.63, 3.8) is 0 Å². The summed E-state index contributed by atoms with van der Waals surface area (Å²) < 4.78 is 0. The van der Waals surface area contributed by atoms with Crippen LogP contribution in [0.2, 0.25) is 0 Å². The smallest absolute Gasteiger partial charge is 0.0720 e. The van der Waals surface area contributed by atoms with Crippen LogP contribution in [0.1, 0.15) is 44.5 Å². The summed E-state index contributed by atoms with van der Waals surface area (Å²) in [5, 5.41) is 1.16. The molecule has 0 bridgehead atoms. The highest BCUT2D eigenvalue weighted by Gasteiger charge is 2.58. The molecule has 0 saturated heterocycles. The summed E-state index contributed by atoms with van der Waals surface area (Å²) in [6.07, 6.45) is 0. The molecule has 0 fully saturated rings. The highest BCUT2D eigenvalue weighted by molar-refractivity contribution is 5.98. The number of hydrogen-bond donors (Lipinski definition) is 0. The zero-order chi connectivity index (χ0) is 35.4. The van der Waals surface area contributed by atoms with E-state index < -0.39 is 10.8 Å². The SMILES string of the molecule is c1ccc(-c2cc(-c3ccc4c(c3)-c3ccccc3C43c4ccccc4C4(c5ccccc5-c5ccccc54)c4ccccc43)nc3ccccc23)cc1. The molecule has 0 N–H and O–H groups in total. The maximum absolute atomic E-state index is 5.28. The lowest BCUT2D eigenvalue weighted by molar-refractivity contribution is 0.633. The normalized spacial score (nSPS) is 14.6. The van der Waals surface area contributed by atoms with Crippen LogP contribution >= 0.6 is 0 Å². The van der Waals surface area contributed by atoms with Crippen LogP contribution in [0, 0.1) is 0 Å². The van der Waals surface area contributed by atoms with Crippen LogP contribution in [0.3, 0.4) is 0 Å². The van der Waals surface area contributed by atoms with Gasteiger partial charge in [0.15, 0.2) is 0 Å². The van der Waals surface area contributed by atoms with Gasteiger partial charge in [0.2, 0.25) is 0 Å². The number of hydrogen-bond acceptors (Lipinski definition) is 1. The van der Waals surface area contributed by atoms with Gasteiger partial charge in [0, 0.05) is 10.9 Å². The molecule has 1 heteroatoms. The fraction of sp³-hybridized carbons (Fsp3) is 0.0377. The molecule has 1 aromatic heterocycles. The number of pyridine rings is 1. The summed E-state index contributed by atoms with van der Waals surface area (Å²) in [5.74, 6) is 0. The van der Waals surface area contributed by atoms with Gasteiger partial charge in [0.05, 0.1) is 22.0 Å². The molecule has 250 valence electrons. The van der Waals surface area contributed by atoms with Crippen LogP contribution < -0.4 is 0 Å². The van der Waals surface area contributed by atoms with E-state index in [1.54, 1.807) is 0 Å². The first-order chi connectivity index (χ1) is 26.8. The Balaban J connectivity index is 1.16. The van der Waals surface area contributed by atoms with Gasteiger partial charge in [-0.25, -0.2) is 4.98 Å². The first kappa shape index (κ1) is 29.7. The van der Waals surface area contributed by atoms with E-state index in [-0.39, 0.29) is 0 Å². The monoisotopic (exact) mass is 683 g/mol. The second kappa shape index (κ2) is 10.9. The number of aromatic nitrogens is 1. The predicted octanol–water partition coefficient (Wildman–Crippen LogP) is 12.6. The van der Waals surface area contributed by atoms with E-state index in [9.17, 15) is 0 Å². The highest BCUT2D eigenvalue weighted by atomic mass is 14.7. The van der Waals surface area contributed by atoms with Gasteiger partial charge in [-0.15, -0.1) is 0 Å². The maximum Gasteiger partial charge on any atom is 0.0720 e. The molecular weight excluding hydrogens is 651 g/mol. The Morgan fingerprint density at radius 1 is 0.278 bits per heavy atom. The molecule has 3 aliphatic rings. The van der Waals surface area contributed by atoms with E-state index in [2.05, 4.69) is 200 Å². The van der Waals surface area contributed by atoms with Gasteiger partial charge in [-0.2, -0.15) is 0 Å². The average Bonchev–Trinajstić information content (AvgIpc) is 3.71. The van der Waals surface area contributed by atoms with Gasteiger partial charge in [-0.3, -0.25) is 0 Å². The lowest BCUT2D eigenvalue weighted by atomic mass is 9.52. The van der Waals surface area contributed by atoms with Crippen LogP contribution in [-0.4, -0.2) is 4.98 Å². The minimum Gasteiger partial charge on any atom is -0.248 e. The predicted molar refractivity (Wildman–Crippen MR) is 221 cm³/mol. The van der Waals surface area contributed by atoms with Crippen LogP contribution in [0.15, 0.2) is 200 Å². The minimum atomic E-state index is -0.499. The molecule has 0 aliphatic heterocycles. The lowest BCUT2D eigenvalue weighted by Gasteiger charge is -2.48. The van der Waals surface area contributed by atoms with Crippen molar-refractivity contribution in [3.8, 4) is 44.6 Å². The standard InChI is InChI=1S/C53H33N/c1-2-16-34(17-3-1)40-33-51(54-50-29-15-7-21-39(40)50)35-30-31-45-41(32-35)38-20-6-10-24-44(38)53(45)48-27-13-11-25-46(48)52(47-26-12-14-28-49(47)53)42-22-8-4-18-36(42)37-19-5-9-23-43(37)52/h1-33H. The lowest BCUT2D eigenvalue weighted by Crippen LogP contribution is -2.43. The Morgan fingerprint density at radius 2 is 0.704 bits per heavy atom. The van der Waals surface area contributed by atoms with Crippen molar-refractivity contribution in [2.24, 2.45) is 0 Å². The third-order valence-corrected chi connectivity index (χ3v) is 12.6. The van der Waals surface area contributed by atoms with Crippen molar-refractivity contribution in [2.75, 3.05) is 0 Å². The largest absolute Gasteiger partial charge is 0.248 e. The fourth-order valence-corrected chi connectivity index (χ4v) is 10.6. The third-order valence-electron chi connectivity index (χ3n) is 12.6. The Kier molecular flexibility index (Phi) is 5.97. The van der Waals surface area contributed by atoms with Crippen LogP contribution in [0.5, 0.6) is 0 Å². The van der Waals surface area contributed by atoms with Crippen molar-refractivity contribution < 1.29 is 0 Å². The summed E-state index contributed by atoms with van der Waals surface area (Å²) in [5.41, 5.74) is 20.6. The van der Waals surface area contributed by atoms with Gasteiger partial charge in [-0.1, -0.05) is 182 Å². The second-order valence-corrected chi connectivity index (χ2v) is 14.9. The first-order valence-electron chi connectivity index (χ1n) is 18.9. The molecule has 9 aromatic rings. The van der Waals surface area contributed by atoms with E-state index in [0.717, 1.165) is 22.2 Å². The molecule has 1 nitrogen and oxygen atoms in total. The molecule has 1 heterocycles. The van der Waals surface area contributed by atoms with Crippen molar-refractivity contribution in [1.29, 1.82) is 0 Å². The zero-order valence-corrected chi connectivity index (χ0v) is 29.5. The Bertz CT molecular complexity index is 2910. The summed E-state index contributed by atoms with van der Waals surface area (Å²) in [4.78, 5) is 5.28. The van der Waals surface area contributed by atoms with Gasteiger partial charge in [0.25, 0.3) is 0 Å². The maximum atomic E-state index is 5.28. The van der Waals surface area contributed by atoms with Crippen LogP contribution in [0.25, 0.3) is 55.5 Å². The molecule has 54 heavy (non-hydrogen) atoms. The Labute approximate surface area is 314 Å². The number of nitrogens with zero attached hydrogens (tertiary/aromatic N) is 1. The molecule has 0 amide bonds. The molecule has 0 saturated carbocycles. The molecule has 8 aromatic carbocycles. The van der Waals surface area contributed by atoms with E-state index in [0.29, 0.717) is 0 Å². The van der Waals surface area contributed by atoms with Crippen LogP contribution in [-0.2, 0) is 10.8 Å². The third kappa shape index (κ3) is 3.61. The summed E-state index contributed by atoms with van der Waals surface area (Å²) in [6, 6.07) is 74.5. The van der Waals surface area contributed by atoms with Crippen molar-refractivity contribution >= 4 is 10.9 Å². The molecule has 0 unspecified atom stereocenters. The van der Waals surface area contributed by atoms with Gasteiger partial charge >= 0.3 is 0 Å². The fourth-order valence-electron chi connectivity index (χ4n) is 10.6. The van der Waals surface area contributed by atoms with E-state index >= 15 is 0 Å². The summed E-state index contributed by atoms with van der Waals surface area (Å²) in [7, 11) is 0. The molecule has 12 rings (SSSR count). The average molecular weight is 684 g/mol. The molecule has 3 aliphatic carbocycles. The number of para-hydroxylation sites is 1.